The van der Waals surface area contributed by atoms with E-state index in [0.29, 0.717) is 67.0 Å². The van der Waals surface area contributed by atoms with Crippen molar-refractivity contribution < 1.29 is 53.6 Å². The van der Waals surface area contributed by atoms with E-state index in [1.54, 1.807) is 0 Å². The van der Waals surface area contributed by atoms with Gasteiger partial charge in [0, 0.05) is 38.1 Å². The second-order valence-corrected chi connectivity index (χ2v) is 20.6. The predicted molar refractivity (Wildman–Crippen MR) is 205 cm³/mol. The lowest BCUT2D eigenvalue weighted by molar-refractivity contribution is -0.324. The molecule has 9 aliphatic rings. The van der Waals surface area contributed by atoms with Crippen LogP contribution in [0, 0.1) is 52.3 Å². The largest absolute Gasteiger partial charge is 0.394 e. The molecule has 0 aromatic carbocycles. The van der Waals surface area contributed by atoms with Gasteiger partial charge in [0.25, 0.3) is 0 Å². The smallest absolute Gasteiger partial charge is 0.161 e. The van der Waals surface area contributed by atoms with E-state index in [1.165, 1.54) is 38.5 Å². The molecular weight excluding hydrogens is 718 g/mol. The standard InChI is InChI=1S/C44H73NO11/c1-24-7-13-44(45-21-24)25(2)40-35(56-44)19-33-31-6-5-26-15-28(8-11-42(26,3)32(31)9-12-43(33,40)4)51-39-20-34(49)41(36(23-47)54-39)55-38-18-29(17-30(22-46)53-38)52-37-16-27(48)10-14-50-37/h24-41,45-49H,5-23H2,1-4H3/t24-,25-,26-,27-,28-,29-,30-,31+,32-,33-,34+,35-,36+,37-,38-,39+,40-,41+,42-,43-,44-/m0/s1. The molecule has 0 radical (unpaired) electrons. The van der Waals surface area contributed by atoms with E-state index in [1.807, 2.05) is 0 Å². The maximum Gasteiger partial charge on any atom is 0.161 e. The Bertz CT molecular complexity index is 1350. The van der Waals surface area contributed by atoms with Crippen LogP contribution in [0.5, 0.6) is 0 Å². The first-order valence-corrected chi connectivity index (χ1v) is 22.8. The molecule has 9 rings (SSSR count). The van der Waals surface area contributed by atoms with Crippen molar-refractivity contribution >= 4 is 0 Å². The van der Waals surface area contributed by atoms with Crippen LogP contribution >= 0.6 is 0 Å². The molecule has 5 N–H and O–H groups in total. The summed E-state index contributed by atoms with van der Waals surface area (Å²) in [5.41, 5.74) is 0.564. The van der Waals surface area contributed by atoms with Crippen LogP contribution in [0.4, 0.5) is 0 Å². The second-order valence-electron chi connectivity index (χ2n) is 20.6. The van der Waals surface area contributed by atoms with Gasteiger partial charge in [-0.05, 0) is 117 Å². The van der Waals surface area contributed by atoms with Gasteiger partial charge in [0.1, 0.15) is 17.9 Å². The van der Waals surface area contributed by atoms with Gasteiger partial charge >= 0.3 is 0 Å². The second kappa shape index (κ2) is 16.1. The highest BCUT2D eigenvalue weighted by Gasteiger charge is 2.68. The summed E-state index contributed by atoms with van der Waals surface area (Å²) in [6, 6.07) is 0. The third-order valence-corrected chi connectivity index (χ3v) is 17.5. The zero-order chi connectivity index (χ0) is 39.0. The Labute approximate surface area is 334 Å². The van der Waals surface area contributed by atoms with Gasteiger partial charge in [-0.2, -0.15) is 0 Å². The Hall–Kier alpha value is -0.480. The molecule has 12 nitrogen and oxygen atoms in total. The number of aliphatic hydroxyl groups is 4. The van der Waals surface area contributed by atoms with E-state index < -0.39 is 49.4 Å². The van der Waals surface area contributed by atoms with Gasteiger partial charge < -0.3 is 53.6 Å². The molecular formula is C44H73NO11. The summed E-state index contributed by atoms with van der Waals surface area (Å²) in [6.07, 6.45) is 8.76. The quantitative estimate of drug-likeness (QED) is 0.218. The van der Waals surface area contributed by atoms with Crippen molar-refractivity contribution in [1.29, 1.82) is 0 Å². The van der Waals surface area contributed by atoms with E-state index in [9.17, 15) is 20.4 Å². The first kappa shape index (κ1) is 40.9. The normalized spacial score (nSPS) is 55.9. The number of ether oxygens (including phenoxy) is 7. The van der Waals surface area contributed by atoms with Crippen LogP contribution in [-0.4, -0.2) is 120 Å². The van der Waals surface area contributed by atoms with Crippen LogP contribution in [0.2, 0.25) is 0 Å². The Kier molecular flexibility index (Phi) is 11.8. The molecule has 320 valence electrons. The number of piperidine rings is 1. The average molecular weight is 792 g/mol. The van der Waals surface area contributed by atoms with E-state index in [4.69, 9.17) is 33.2 Å². The van der Waals surface area contributed by atoms with Crippen LogP contribution in [-0.2, 0) is 33.2 Å². The van der Waals surface area contributed by atoms with Crippen molar-refractivity contribution in [2.75, 3.05) is 26.4 Å². The fourth-order valence-electron chi connectivity index (χ4n) is 14.5. The molecule has 9 fully saturated rings. The summed E-state index contributed by atoms with van der Waals surface area (Å²) in [5.74, 6) is 4.83. The van der Waals surface area contributed by atoms with Crippen LogP contribution < -0.4 is 5.32 Å². The monoisotopic (exact) mass is 792 g/mol. The number of hydrogen-bond donors (Lipinski definition) is 5. The highest BCUT2D eigenvalue weighted by atomic mass is 16.7. The lowest BCUT2D eigenvalue weighted by atomic mass is 9.44. The highest BCUT2D eigenvalue weighted by Crippen LogP contribution is 2.71. The Morgan fingerprint density at radius 2 is 1.52 bits per heavy atom. The summed E-state index contributed by atoms with van der Waals surface area (Å²) < 4.78 is 44.3. The van der Waals surface area contributed by atoms with E-state index in [0.717, 1.165) is 55.9 Å². The third kappa shape index (κ3) is 7.37. The predicted octanol–water partition coefficient (Wildman–Crippen LogP) is 4.62. The lowest BCUT2D eigenvalue weighted by Gasteiger charge is -2.61. The van der Waals surface area contributed by atoms with Gasteiger partial charge in [0.2, 0.25) is 0 Å². The SMILES string of the molecule is C[C@H]1CC[C@]2(NC1)O[C@H]1C[C@H]3[C@@H]4CC[C@H]5C[C@@H](O[C@H]6C[C@@H](O)[C@@H](O[C@H]7C[C@@H](O[C@H]8C[C@@H](O)CCO8)C[C@@H](CO)O7)[C@@H](CO)O6)CC[C@]5(C)[C@H]4CC[C@]3(C)[C@H]1[C@@H]2C. The topological polar surface area (TPSA) is 158 Å². The fourth-order valence-corrected chi connectivity index (χ4v) is 14.5. The summed E-state index contributed by atoms with van der Waals surface area (Å²) in [5, 5.41) is 45.7. The van der Waals surface area contributed by atoms with Gasteiger partial charge in [-0.1, -0.05) is 27.7 Å². The molecule has 5 saturated heterocycles. The van der Waals surface area contributed by atoms with E-state index in [2.05, 4.69) is 33.0 Å². The van der Waals surface area contributed by atoms with Crippen LogP contribution in [0.1, 0.15) is 124 Å². The van der Waals surface area contributed by atoms with Crippen molar-refractivity contribution in [2.45, 2.75) is 197 Å². The number of fused-ring (bicyclic) bond motifs is 7. The summed E-state index contributed by atoms with van der Waals surface area (Å²) in [6.45, 7) is 11.1. The minimum absolute atomic E-state index is 0.0555. The summed E-state index contributed by atoms with van der Waals surface area (Å²) in [4.78, 5) is 0. The molecule has 5 aliphatic heterocycles. The molecule has 4 aliphatic carbocycles. The zero-order valence-corrected chi connectivity index (χ0v) is 34.5. The van der Waals surface area contributed by atoms with Crippen molar-refractivity contribution in [3.05, 3.63) is 0 Å². The van der Waals surface area contributed by atoms with Crippen molar-refractivity contribution in [3.8, 4) is 0 Å². The Morgan fingerprint density at radius 3 is 2.29 bits per heavy atom. The average Bonchev–Trinajstić information content (AvgIpc) is 3.62. The molecule has 4 saturated carbocycles. The molecule has 21 atom stereocenters. The number of nitrogens with one attached hydrogen (secondary N) is 1. The number of aliphatic hydroxyl groups excluding tert-OH is 4. The van der Waals surface area contributed by atoms with Gasteiger partial charge in [-0.3, -0.25) is 5.32 Å². The number of hydrogen-bond acceptors (Lipinski definition) is 12. The molecule has 56 heavy (non-hydrogen) atoms. The summed E-state index contributed by atoms with van der Waals surface area (Å²) in [7, 11) is 0. The maximum atomic E-state index is 11.4. The fraction of sp³-hybridized carbons (Fsp3) is 1.00. The third-order valence-electron chi connectivity index (χ3n) is 17.5. The lowest BCUT2D eigenvalue weighted by Crippen LogP contribution is -2.58. The Morgan fingerprint density at radius 1 is 0.714 bits per heavy atom. The van der Waals surface area contributed by atoms with Crippen molar-refractivity contribution in [2.24, 2.45) is 52.3 Å². The number of rotatable bonds is 8. The van der Waals surface area contributed by atoms with Gasteiger partial charge in [-0.15, -0.1) is 0 Å². The summed E-state index contributed by atoms with van der Waals surface area (Å²) >= 11 is 0. The van der Waals surface area contributed by atoms with Gasteiger partial charge in [-0.25, -0.2) is 0 Å². The molecule has 0 aromatic rings. The van der Waals surface area contributed by atoms with Gasteiger partial charge in [0.15, 0.2) is 18.9 Å². The molecule has 5 heterocycles. The van der Waals surface area contributed by atoms with E-state index >= 15 is 0 Å². The van der Waals surface area contributed by atoms with Crippen molar-refractivity contribution in [3.63, 3.8) is 0 Å². The minimum atomic E-state index is -0.925. The van der Waals surface area contributed by atoms with Crippen molar-refractivity contribution in [1.82, 2.24) is 5.32 Å². The molecule has 0 unspecified atom stereocenters. The maximum absolute atomic E-state index is 11.4. The molecule has 0 bridgehead atoms. The van der Waals surface area contributed by atoms with E-state index in [-0.39, 0.29) is 37.6 Å². The first-order chi connectivity index (χ1) is 26.9. The molecule has 0 aromatic heterocycles. The molecule has 1 spiro atoms. The van der Waals surface area contributed by atoms with Crippen LogP contribution in [0.15, 0.2) is 0 Å². The first-order valence-electron chi connectivity index (χ1n) is 22.8. The van der Waals surface area contributed by atoms with Crippen LogP contribution in [0.25, 0.3) is 0 Å². The molecule has 12 heteroatoms. The Balaban J connectivity index is 0.787. The van der Waals surface area contributed by atoms with Crippen LogP contribution in [0.3, 0.4) is 0 Å². The zero-order valence-electron chi connectivity index (χ0n) is 34.5. The highest BCUT2D eigenvalue weighted by molar-refractivity contribution is 5.16. The van der Waals surface area contributed by atoms with Gasteiger partial charge in [0.05, 0.1) is 56.4 Å². The molecule has 0 amide bonds. The minimum Gasteiger partial charge on any atom is -0.394 e.